The number of carbonyl (C=O) groups excluding carboxylic acids is 2. The van der Waals surface area contributed by atoms with Gasteiger partial charge in [-0.25, -0.2) is 0 Å². The quantitative estimate of drug-likeness (QED) is 0.472. The molecule has 0 radical (unpaired) electrons. The number of nitrogens with zero attached hydrogens (tertiary/aromatic N) is 2. The third-order valence-electron chi connectivity index (χ3n) is 7.67. The summed E-state index contributed by atoms with van der Waals surface area (Å²) >= 11 is 1.57. The fraction of sp³-hybridized carbons (Fsp3) is 0.483. The highest BCUT2D eigenvalue weighted by Crippen LogP contribution is 2.52. The Labute approximate surface area is 216 Å². The van der Waals surface area contributed by atoms with Crippen LogP contribution in [0.3, 0.4) is 0 Å². The molecule has 1 amide bonds. The van der Waals surface area contributed by atoms with Gasteiger partial charge in [0.25, 0.3) is 0 Å². The van der Waals surface area contributed by atoms with Crippen LogP contribution in [0.2, 0.25) is 0 Å². The number of methoxy groups -OCH3 is 2. The molecule has 0 N–H and O–H groups in total. The van der Waals surface area contributed by atoms with E-state index in [2.05, 4.69) is 19.9 Å². The Hall–Kier alpha value is -3.11. The summed E-state index contributed by atoms with van der Waals surface area (Å²) in [5.41, 5.74) is 3.64. The van der Waals surface area contributed by atoms with E-state index in [4.69, 9.17) is 9.47 Å². The molecule has 188 valence electrons. The van der Waals surface area contributed by atoms with Gasteiger partial charge in [0, 0.05) is 40.5 Å². The largest absolute Gasteiger partial charge is 0.493 e. The number of benzene rings is 1. The number of aryl methyl sites for hydroxylation is 1. The van der Waals surface area contributed by atoms with Gasteiger partial charge in [-0.15, -0.1) is 11.3 Å². The number of ether oxygens (including phenoxy) is 2. The van der Waals surface area contributed by atoms with E-state index in [0.717, 1.165) is 48.9 Å². The van der Waals surface area contributed by atoms with Crippen LogP contribution in [0, 0.1) is 16.7 Å². The summed E-state index contributed by atoms with van der Waals surface area (Å²) in [6.45, 7) is 4.14. The van der Waals surface area contributed by atoms with E-state index in [0.29, 0.717) is 40.5 Å². The number of nitriles is 1. The molecule has 1 atom stereocenters. The Morgan fingerprint density at radius 3 is 2.58 bits per heavy atom. The van der Waals surface area contributed by atoms with Gasteiger partial charge in [-0.05, 0) is 49.1 Å². The standard InChI is InChI=1S/C29H32N2O4S/c1-29(2)14-21-26(22(32)15-29)19(18-10-8-11-23(34-3)27(18)35-4)13-25(33)31(21)28-20(16-30)17-9-6-5-7-12-24(17)36-28/h8,10-11,19H,5-7,9,12-15H2,1-4H3/t19-/m1/s1. The van der Waals surface area contributed by atoms with Crippen molar-refractivity contribution in [1.29, 1.82) is 5.26 Å². The molecule has 3 aliphatic rings. The molecular weight excluding hydrogens is 472 g/mol. The summed E-state index contributed by atoms with van der Waals surface area (Å²) in [6, 6.07) is 8.03. The molecular formula is C29H32N2O4S. The zero-order chi connectivity index (χ0) is 25.6. The molecule has 0 saturated heterocycles. The summed E-state index contributed by atoms with van der Waals surface area (Å²) in [7, 11) is 3.16. The van der Waals surface area contributed by atoms with E-state index in [9.17, 15) is 14.9 Å². The van der Waals surface area contributed by atoms with Crippen molar-refractivity contribution in [3.05, 3.63) is 51.0 Å². The van der Waals surface area contributed by atoms with E-state index in [-0.39, 0.29) is 23.5 Å². The van der Waals surface area contributed by atoms with Gasteiger partial charge in [-0.1, -0.05) is 32.4 Å². The minimum absolute atomic E-state index is 0.0604. The van der Waals surface area contributed by atoms with Gasteiger partial charge in [0.05, 0.1) is 19.8 Å². The topological polar surface area (TPSA) is 79.6 Å². The molecule has 6 nitrogen and oxygen atoms in total. The predicted octanol–water partition coefficient (Wildman–Crippen LogP) is 6.07. The zero-order valence-corrected chi connectivity index (χ0v) is 22.2. The van der Waals surface area contributed by atoms with Gasteiger partial charge in [0.1, 0.15) is 11.1 Å². The van der Waals surface area contributed by atoms with Crippen LogP contribution < -0.4 is 14.4 Å². The maximum absolute atomic E-state index is 14.0. The second-order valence-corrected chi connectivity index (χ2v) is 11.8. The molecule has 0 unspecified atom stereocenters. The fourth-order valence-corrected chi connectivity index (χ4v) is 7.49. The minimum Gasteiger partial charge on any atom is -0.493 e. The van der Waals surface area contributed by atoms with Gasteiger partial charge in [0.2, 0.25) is 5.91 Å². The van der Waals surface area contributed by atoms with E-state index in [1.165, 1.54) is 4.88 Å². The first kappa shape index (κ1) is 24.6. The van der Waals surface area contributed by atoms with E-state index >= 15 is 0 Å². The molecule has 5 rings (SSSR count). The maximum atomic E-state index is 14.0. The van der Waals surface area contributed by atoms with Crippen molar-refractivity contribution in [2.75, 3.05) is 19.1 Å². The van der Waals surface area contributed by atoms with E-state index in [1.807, 2.05) is 18.2 Å². The molecule has 2 aliphatic carbocycles. The van der Waals surface area contributed by atoms with Gasteiger partial charge in [-0.3, -0.25) is 14.5 Å². The van der Waals surface area contributed by atoms with Crippen molar-refractivity contribution >= 4 is 28.0 Å². The lowest BCUT2D eigenvalue weighted by atomic mass is 9.69. The number of thiophene rings is 1. The first-order valence-electron chi connectivity index (χ1n) is 12.6. The Morgan fingerprint density at radius 2 is 1.86 bits per heavy atom. The Kier molecular flexibility index (Phi) is 6.42. The fourth-order valence-electron chi connectivity index (χ4n) is 6.10. The van der Waals surface area contributed by atoms with Crippen molar-refractivity contribution < 1.29 is 19.1 Å². The van der Waals surface area contributed by atoms with Gasteiger partial charge in [-0.2, -0.15) is 5.26 Å². The first-order valence-corrected chi connectivity index (χ1v) is 13.5. The number of hydrogen-bond donors (Lipinski definition) is 0. The van der Waals surface area contributed by atoms with E-state index in [1.54, 1.807) is 30.5 Å². The molecule has 2 heterocycles. The lowest BCUT2D eigenvalue weighted by molar-refractivity contribution is -0.120. The zero-order valence-electron chi connectivity index (χ0n) is 21.4. The molecule has 1 aromatic heterocycles. The number of hydrogen-bond acceptors (Lipinski definition) is 6. The summed E-state index contributed by atoms with van der Waals surface area (Å²) in [4.78, 5) is 30.6. The van der Waals surface area contributed by atoms with Crippen LogP contribution in [0.15, 0.2) is 29.5 Å². The van der Waals surface area contributed by atoms with Gasteiger partial charge >= 0.3 is 0 Å². The third-order valence-corrected chi connectivity index (χ3v) is 8.95. The molecule has 36 heavy (non-hydrogen) atoms. The van der Waals surface area contributed by atoms with Crippen LogP contribution in [0.4, 0.5) is 5.00 Å². The highest BCUT2D eigenvalue weighted by Gasteiger charge is 2.46. The normalized spacial score (nSPS) is 21.4. The highest BCUT2D eigenvalue weighted by atomic mass is 32.1. The molecule has 0 fully saturated rings. The molecule has 1 aliphatic heterocycles. The van der Waals surface area contributed by atoms with Crippen molar-refractivity contribution in [2.24, 2.45) is 5.41 Å². The van der Waals surface area contributed by atoms with Crippen LogP contribution in [0.25, 0.3) is 0 Å². The summed E-state index contributed by atoms with van der Waals surface area (Å²) in [5.74, 6) is 0.689. The van der Waals surface area contributed by atoms with Gasteiger partial charge < -0.3 is 9.47 Å². The minimum atomic E-state index is -0.416. The number of para-hydroxylation sites is 1. The average Bonchev–Trinajstić information content (AvgIpc) is 3.01. The number of carbonyl (C=O) groups is 2. The summed E-state index contributed by atoms with van der Waals surface area (Å²) in [6.07, 6.45) is 6.28. The molecule has 0 spiro atoms. The predicted molar refractivity (Wildman–Crippen MR) is 140 cm³/mol. The maximum Gasteiger partial charge on any atom is 0.232 e. The van der Waals surface area contributed by atoms with Crippen LogP contribution in [0.1, 0.15) is 79.9 Å². The first-order chi connectivity index (χ1) is 17.3. The number of ketones is 1. The van der Waals surface area contributed by atoms with Crippen molar-refractivity contribution in [3.63, 3.8) is 0 Å². The SMILES string of the molecule is COc1cccc([C@H]2CC(=O)N(c3sc4c(c3C#N)CCCCC4)C3=C2C(=O)CC(C)(C)C3)c1OC. The van der Waals surface area contributed by atoms with Crippen LogP contribution in [-0.2, 0) is 22.4 Å². The molecule has 1 aromatic carbocycles. The summed E-state index contributed by atoms with van der Waals surface area (Å²) in [5, 5.41) is 10.9. The monoisotopic (exact) mass is 504 g/mol. The number of rotatable bonds is 4. The van der Waals surface area contributed by atoms with Crippen LogP contribution in [0.5, 0.6) is 11.5 Å². The lowest BCUT2D eigenvalue weighted by Gasteiger charge is -2.42. The van der Waals surface area contributed by atoms with Crippen molar-refractivity contribution in [1.82, 2.24) is 0 Å². The smallest absolute Gasteiger partial charge is 0.232 e. The number of allylic oxidation sites excluding steroid dienone is 2. The third kappa shape index (κ3) is 4.02. The Morgan fingerprint density at radius 1 is 1.08 bits per heavy atom. The second-order valence-electron chi connectivity index (χ2n) is 10.7. The average molecular weight is 505 g/mol. The lowest BCUT2D eigenvalue weighted by Crippen LogP contribution is -2.43. The Bertz CT molecular complexity index is 1310. The van der Waals surface area contributed by atoms with Crippen molar-refractivity contribution in [3.8, 4) is 17.6 Å². The van der Waals surface area contributed by atoms with E-state index < -0.39 is 5.92 Å². The van der Waals surface area contributed by atoms with Crippen LogP contribution >= 0.6 is 11.3 Å². The molecule has 7 heteroatoms. The highest BCUT2D eigenvalue weighted by molar-refractivity contribution is 7.16. The number of anilines is 1. The molecule has 0 bridgehead atoms. The second kappa shape index (κ2) is 9.40. The number of fused-ring (bicyclic) bond motifs is 1. The molecule has 0 saturated carbocycles. The van der Waals surface area contributed by atoms with Crippen molar-refractivity contribution in [2.45, 2.75) is 71.1 Å². The Balaban J connectivity index is 1.72. The number of amides is 1. The number of Topliss-reactive ketones (excluding diaryl/α,β-unsaturated/α-hetero) is 1. The molecule has 2 aromatic rings. The summed E-state index contributed by atoms with van der Waals surface area (Å²) < 4.78 is 11.2. The van der Waals surface area contributed by atoms with Gasteiger partial charge in [0.15, 0.2) is 17.3 Å². The van der Waals surface area contributed by atoms with Crippen LogP contribution in [-0.4, -0.2) is 25.9 Å².